The van der Waals surface area contributed by atoms with Gasteiger partial charge in [-0.1, -0.05) is 24.3 Å². The van der Waals surface area contributed by atoms with Crippen molar-refractivity contribution in [1.29, 1.82) is 0 Å². The fraction of sp³-hybridized carbons (Fsp3) is 0.273. The summed E-state index contributed by atoms with van der Waals surface area (Å²) in [6.07, 6.45) is 1.60. The number of halogens is 1. The Balaban J connectivity index is 1.29. The van der Waals surface area contributed by atoms with Gasteiger partial charge in [-0.05, 0) is 29.8 Å². The first-order chi connectivity index (χ1) is 15.5. The number of benzene rings is 2. The summed E-state index contributed by atoms with van der Waals surface area (Å²) in [5.74, 6) is -0.287. The molecule has 2 heterocycles. The normalized spacial score (nSPS) is 14.3. The third-order valence-corrected chi connectivity index (χ3v) is 5.25. The molecule has 0 aliphatic carbocycles. The first-order valence-corrected chi connectivity index (χ1v) is 10.2. The maximum atomic E-state index is 13.1. The van der Waals surface area contributed by atoms with Crippen LogP contribution in [0.1, 0.15) is 16.1 Å². The Kier molecular flexibility index (Phi) is 6.41. The minimum Gasteiger partial charge on any atom is -0.464 e. The van der Waals surface area contributed by atoms with Gasteiger partial charge in [-0.3, -0.25) is 19.8 Å². The molecule has 10 heteroatoms. The van der Waals surface area contributed by atoms with Gasteiger partial charge in [0.15, 0.2) is 18.2 Å². The van der Waals surface area contributed by atoms with Crippen LogP contribution in [-0.2, 0) is 13.3 Å². The number of nitro benzene ring substituents is 1. The van der Waals surface area contributed by atoms with E-state index in [4.69, 9.17) is 4.74 Å². The summed E-state index contributed by atoms with van der Waals surface area (Å²) in [6.45, 7) is 3.22. The van der Waals surface area contributed by atoms with Crippen molar-refractivity contribution in [3.63, 3.8) is 0 Å². The van der Waals surface area contributed by atoms with Crippen LogP contribution in [0.5, 0.6) is 5.75 Å². The molecule has 1 amide bonds. The second kappa shape index (κ2) is 9.56. The number of amides is 1. The minimum atomic E-state index is -0.511. The Hall–Kier alpha value is -3.79. The van der Waals surface area contributed by atoms with Gasteiger partial charge >= 0.3 is 5.69 Å². The molecule has 1 aliphatic rings. The Labute approximate surface area is 183 Å². The molecule has 1 saturated heterocycles. The molecule has 32 heavy (non-hydrogen) atoms. The van der Waals surface area contributed by atoms with Crippen molar-refractivity contribution in [2.24, 2.45) is 0 Å². The molecule has 4 rings (SSSR count). The zero-order valence-corrected chi connectivity index (χ0v) is 17.3. The molecule has 1 aromatic heterocycles. The van der Waals surface area contributed by atoms with E-state index in [2.05, 4.69) is 10.00 Å². The molecule has 3 aromatic rings. The van der Waals surface area contributed by atoms with E-state index < -0.39 is 4.92 Å². The van der Waals surface area contributed by atoms with E-state index in [-0.39, 0.29) is 29.9 Å². The van der Waals surface area contributed by atoms with Crippen LogP contribution < -0.4 is 4.74 Å². The van der Waals surface area contributed by atoms with E-state index >= 15 is 0 Å². The summed E-state index contributed by atoms with van der Waals surface area (Å²) in [4.78, 5) is 27.3. The average molecular weight is 439 g/mol. The monoisotopic (exact) mass is 439 g/mol. The maximum Gasteiger partial charge on any atom is 0.311 e. The van der Waals surface area contributed by atoms with Crippen molar-refractivity contribution in [2.75, 3.05) is 26.2 Å². The number of nitrogens with zero attached hydrogens (tertiary/aromatic N) is 5. The number of hydrogen-bond donors (Lipinski definition) is 0. The molecule has 0 bridgehead atoms. The summed E-state index contributed by atoms with van der Waals surface area (Å²) >= 11 is 0. The highest BCUT2D eigenvalue weighted by Crippen LogP contribution is 2.26. The molecule has 0 unspecified atom stereocenters. The minimum absolute atomic E-state index is 0.0520. The van der Waals surface area contributed by atoms with Crippen LogP contribution in [0.25, 0.3) is 0 Å². The van der Waals surface area contributed by atoms with Gasteiger partial charge in [-0.25, -0.2) is 9.07 Å². The number of hydrogen-bond acceptors (Lipinski definition) is 6. The van der Waals surface area contributed by atoms with Crippen LogP contribution in [0.3, 0.4) is 0 Å². The van der Waals surface area contributed by atoms with E-state index in [1.54, 1.807) is 41.4 Å². The summed E-state index contributed by atoms with van der Waals surface area (Å²) in [5.41, 5.74) is 1.20. The maximum absolute atomic E-state index is 13.1. The van der Waals surface area contributed by atoms with Crippen molar-refractivity contribution in [3.8, 4) is 5.75 Å². The SMILES string of the molecule is O=C(c1ccn(COc2ccccc2[N+](=O)[O-])n1)N1CCN(Cc2ccc(F)cc2)CC1. The molecule has 166 valence electrons. The van der Waals surface area contributed by atoms with Gasteiger partial charge in [0.1, 0.15) is 5.82 Å². The summed E-state index contributed by atoms with van der Waals surface area (Å²) in [6, 6.07) is 14.1. The predicted octanol–water partition coefficient (Wildman–Crippen LogP) is 2.92. The topological polar surface area (TPSA) is 93.7 Å². The Morgan fingerprint density at radius 3 is 2.50 bits per heavy atom. The molecule has 1 fully saturated rings. The van der Waals surface area contributed by atoms with Crippen LogP contribution in [0.4, 0.5) is 10.1 Å². The van der Waals surface area contributed by atoms with E-state index in [1.807, 2.05) is 0 Å². The van der Waals surface area contributed by atoms with Crippen LogP contribution in [0, 0.1) is 15.9 Å². The molecular formula is C22H22FN5O4. The molecule has 0 N–H and O–H groups in total. The first kappa shape index (κ1) is 21.4. The average Bonchev–Trinajstić information content (AvgIpc) is 3.28. The van der Waals surface area contributed by atoms with Gasteiger partial charge in [0.25, 0.3) is 5.91 Å². The molecule has 2 aromatic carbocycles. The molecule has 0 radical (unpaired) electrons. The number of rotatable bonds is 7. The van der Waals surface area contributed by atoms with E-state index in [0.29, 0.717) is 38.4 Å². The fourth-order valence-electron chi connectivity index (χ4n) is 3.53. The zero-order chi connectivity index (χ0) is 22.5. The van der Waals surface area contributed by atoms with E-state index in [0.717, 1.165) is 5.56 Å². The lowest BCUT2D eigenvalue weighted by atomic mass is 10.2. The second-order valence-electron chi connectivity index (χ2n) is 7.43. The molecule has 0 saturated carbocycles. The summed E-state index contributed by atoms with van der Waals surface area (Å²) < 4.78 is 20.0. The Morgan fingerprint density at radius 2 is 1.78 bits per heavy atom. The molecule has 0 spiro atoms. The van der Waals surface area contributed by atoms with Gasteiger partial charge in [0.2, 0.25) is 0 Å². The van der Waals surface area contributed by atoms with Crippen molar-refractivity contribution in [2.45, 2.75) is 13.3 Å². The predicted molar refractivity (Wildman–Crippen MR) is 114 cm³/mol. The van der Waals surface area contributed by atoms with Crippen molar-refractivity contribution >= 4 is 11.6 Å². The molecule has 9 nitrogen and oxygen atoms in total. The largest absolute Gasteiger partial charge is 0.464 e. The summed E-state index contributed by atoms with van der Waals surface area (Å²) in [7, 11) is 0. The third-order valence-electron chi connectivity index (χ3n) is 5.25. The number of carbonyl (C=O) groups is 1. The third kappa shape index (κ3) is 5.09. The van der Waals surface area contributed by atoms with Crippen LogP contribution in [0.15, 0.2) is 60.8 Å². The van der Waals surface area contributed by atoms with Crippen molar-refractivity contribution < 1.29 is 18.8 Å². The number of piperazine rings is 1. The molecule has 1 aliphatic heterocycles. The Bertz CT molecular complexity index is 1090. The van der Waals surface area contributed by atoms with Crippen LogP contribution >= 0.6 is 0 Å². The van der Waals surface area contributed by atoms with Gasteiger partial charge in [-0.2, -0.15) is 5.10 Å². The first-order valence-electron chi connectivity index (χ1n) is 10.2. The Morgan fingerprint density at radius 1 is 1.06 bits per heavy atom. The molecule has 0 atom stereocenters. The lowest BCUT2D eigenvalue weighted by molar-refractivity contribution is -0.386. The van der Waals surface area contributed by atoms with Gasteiger partial charge in [0, 0.05) is 45.0 Å². The zero-order valence-electron chi connectivity index (χ0n) is 17.3. The summed E-state index contributed by atoms with van der Waals surface area (Å²) in [5, 5.41) is 15.3. The highest BCUT2D eigenvalue weighted by atomic mass is 19.1. The smallest absolute Gasteiger partial charge is 0.311 e. The number of carbonyl (C=O) groups excluding carboxylic acids is 1. The number of para-hydroxylation sites is 2. The van der Waals surface area contributed by atoms with E-state index in [1.165, 1.54) is 28.9 Å². The highest BCUT2D eigenvalue weighted by molar-refractivity contribution is 5.92. The van der Waals surface area contributed by atoms with Crippen LogP contribution in [-0.4, -0.2) is 56.6 Å². The van der Waals surface area contributed by atoms with Gasteiger partial charge in [-0.15, -0.1) is 0 Å². The standard InChI is InChI=1S/C22H22FN5O4/c23-18-7-5-17(6-8-18)15-25-11-13-26(14-12-25)22(29)19-9-10-27(24-19)16-32-21-4-2-1-3-20(21)28(30)31/h1-10H,11-16H2. The van der Waals surface area contributed by atoms with Crippen molar-refractivity contribution in [3.05, 3.63) is 88.0 Å². The lowest BCUT2D eigenvalue weighted by Crippen LogP contribution is -2.48. The van der Waals surface area contributed by atoms with Gasteiger partial charge in [0.05, 0.1) is 4.92 Å². The van der Waals surface area contributed by atoms with Crippen LogP contribution in [0.2, 0.25) is 0 Å². The van der Waals surface area contributed by atoms with Gasteiger partial charge < -0.3 is 9.64 Å². The van der Waals surface area contributed by atoms with E-state index in [9.17, 15) is 19.3 Å². The number of ether oxygens (including phenoxy) is 1. The number of nitro groups is 1. The molecular weight excluding hydrogens is 417 g/mol. The van der Waals surface area contributed by atoms with Crippen molar-refractivity contribution in [1.82, 2.24) is 19.6 Å². The quantitative estimate of drug-likeness (QED) is 0.415. The second-order valence-corrected chi connectivity index (χ2v) is 7.43. The number of aromatic nitrogens is 2. The highest BCUT2D eigenvalue weighted by Gasteiger charge is 2.24. The lowest BCUT2D eigenvalue weighted by Gasteiger charge is -2.34. The fourth-order valence-corrected chi connectivity index (χ4v) is 3.53.